The van der Waals surface area contributed by atoms with E-state index in [2.05, 4.69) is 10.4 Å². The summed E-state index contributed by atoms with van der Waals surface area (Å²) in [6, 6.07) is 0. The van der Waals surface area contributed by atoms with Crippen LogP contribution in [0.15, 0.2) is 0 Å². The van der Waals surface area contributed by atoms with Crippen LogP contribution >= 0.6 is 0 Å². The Morgan fingerprint density at radius 2 is 2.08 bits per heavy atom. The molecule has 1 fully saturated rings. The molecule has 0 spiro atoms. The Hall–Kier alpha value is -1.96. The second-order valence-corrected chi connectivity index (χ2v) is 6.57. The Balaban J connectivity index is 2.19. The monoisotopic (exact) mass is 338 g/mol. The molecule has 0 atom stereocenters. The fourth-order valence-electron chi connectivity index (χ4n) is 3.65. The maximum absolute atomic E-state index is 12.6. The van der Waals surface area contributed by atoms with Gasteiger partial charge in [0.2, 0.25) is 5.69 Å². The summed E-state index contributed by atoms with van der Waals surface area (Å²) in [7, 11) is 0. The van der Waals surface area contributed by atoms with Gasteiger partial charge in [-0.1, -0.05) is 19.3 Å². The molecule has 2 N–H and O–H groups in total. The molecule has 1 aliphatic carbocycles. The number of hydrogen-bond acceptors (Lipinski definition) is 5. The molecule has 0 aromatic carbocycles. The fourth-order valence-corrected chi connectivity index (χ4v) is 3.65. The molecule has 1 aromatic rings. The van der Waals surface area contributed by atoms with Crippen molar-refractivity contribution in [1.29, 1.82) is 0 Å². The first-order valence-electron chi connectivity index (χ1n) is 8.55. The van der Waals surface area contributed by atoms with E-state index in [0.29, 0.717) is 19.5 Å². The number of aryl methyl sites for hydroxylation is 2. The van der Waals surface area contributed by atoms with Crippen LogP contribution in [-0.4, -0.2) is 38.9 Å². The number of aromatic nitrogens is 2. The number of nitrogens with zero attached hydrogens (tertiary/aromatic N) is 3. The molecule has 134 valence electrons. The Labute approximate surface area is 141 Å². The SMILES string of the molecule is CCn1nc(C)c([N+](=O)[O-])c1C(=O)NCC1(CCO)CCCCC1. The van der Waals surface area contributed by atoms with Gasteiger partial charge < -0.3 is 10.4 Å². The normalized spacial score (nSPS) is 16.8. The number of nitrogens with one attached hydrogen (secondary N) is 1. The highest BCUT2D eigenvalue weighted by molar-refractivity contribution is 5.96. The Morgan fingerprint density at radius 1 is 1.42 bits per heavy atom. The summed E-state index contributed by atoms with van der Waals surface area (Å²) in [6.45, 7) is 4.23. The molecule has 1 aromatic heterocycles. The van der Waals surface area contributed by atoms with Crippen LogP contribution in [0.25, 0.3) is 0 Å². The lowest BCUT2D eigenvalue weighted by molar-refractivity contribution is -0.385. The molecule has 2 rings (SSSR count). The lowest BCUT2D eigenvalue weighted by Gasteiger charge is -2.37. The largest absolute Gasteiger partial charge is 0.396 e. The molecule has 1 heterocycles. The van der Waals surface area contributed by atoms with E-state index in [1.807, 2.05) is 0 Å². The van der Waals surface area contributed by atoms with Crippen molar-refractivity contribution in [1.82, 2.24) is 15.1 Å². The lowest BCUT2D eigenvalue weighted by Crippen LogP contribution is -2.40. The van der Waals surface area contributed by atoms with Gasteiger partial charge in [-0.2, -0.15) is 5.10 Å². The minimum atomic E-state index is -0.548. The van der Waals surface area contributed by atoms with E-state index in [9.17, 15) is 20.0 Å². The number of nitro groups is 1. The van der Waals surface area contributed by atoms with Crippen molar-refractivity contribution in [2.24, 2.45) is 5.41 Å². The topological polar surface area (TPSA) is 110 Å². The number of carbonyl (C=O) groups excluding carboxylic acids is 1. The van der Waals surface area contributed by atoms with Crippen molar-refractivity contribution < 1.29 is 14.8 Å². The van der Waals surface area contributed by atoms with Gasteiger partial charge >= 0.3 is 5.69 Å². The van der Waals surface area contributed by atoms with E-state index in [-0.39, 0.29) is 29.1 Å². The molecule has 24 heavy (non-hydrogen) atoms. The van der Waals surface area contributed by atoms with Gasteiger partial charge in [0.05, 0.1) is 4.92 Å². The second kappa shape index (κ2) is 7.74. The van der Waals surface area contributed by atoms with E-state index in [1.54, 1.807) is 6.92 Å². The van der Waals surface area contributed by atoms with Gasteiger partial charge in [-0.3, -0.25) is 19.6 Å². The van der Waals surface area contributed by atoms with Crippen molar-refractivity contribution in [2.45, 2.75) is 58.9 Å². The molecule has 0 aliphatic heterocycles. The molecule has 0 bridgehead atoms. The van der Waals surface area contributed by atoms with Gasteiger partial charge in [-0.15, -0.1) is 0 Å². The number of carbonyl (C=O) groups is 1. The summed E-state index contributed by atoms with van der Waals surface area (Å²) in [6.07, 6.45) is 5.91. The molecular weight excluding hydrogens is 312 g/mol. The number of amides is 1. The van der Waals surface area contributed by atoms with Crippen LogP contribution in [0.4, 0.5) is 5.69 Å². The third-order valence-electron chi connectivity index (χ3n) is 4.97. The van der Waals surface area contributed by atoms with Crippen LogP contribution in [0, 0.1) is 22.5 Å². The van der Waals surface area contributed by atoms with Gasteiger partial charge in [-0.05, 0) is 38.5 Å². The van der Waals surface area contributed by atoms with Crippen molar-refractivity contribution in [3.05, 3.63) is 21.5 Å². The molecule has 0 saturated heterocycles. The molecular formula is C16H26N4O4. The van der Waals surface area contributed by atoms with E-state index in [0.717, 1.165) is 25.7 Å². The molecule has 8 heteroatoms. The number of rotatable bonds is 7. The van der Waals surface area contributed by atoms with Crippen LogP contribution in [0.5, 0.6) is 0 Å². The number of hydrogen-bond donors (Lipinski definition) is 2. The quantitative estimate of drug-likeness (QED) is 0.585. The second-order valence-electron chi connectivity index (χ2n) is 6.57. The average molecular weight is 338 g/mol. The summed E-state index contributed by atoms with van der Waals surface area (Å²) < 4.78 is 1.38. The fraction of sp³-hybridized carbons (Fsp3) is 0.750. The van der Waals surface area contributed by atoms with Crippen LogP contribution in [0.3, 0.4) is 0 Å². The zero-order valence-corrected chi connectivity index (χ0v) is 14.4. The van der Waals surface area contributed by atoms with Gasteiger partial charge in [0.15, 0.2) is 0 Å². The predicted molar refractivity (Wildman–Crippen MR) is 88.8 cm³/mol. The Kier molecular flexibility index (Phi) is 5.93. The average Bonchev–Trinajstić information content (AvgIpc) is 2.90. The maximum Gasteiger partial charge on any atom is 0.322 e. The summed E-state index contributed by atoms with van der Waals surface area (Å²) >= 11 is 0. The highest BCUT2D eigenvalue weighted by Crippen LogP contribution is 2.38. The van der Waals surface area contributed by atoms with Gasteiger partial charge in [0.25, 0.3) is 5.91 Å². The minimum absolute atomic E-state index is 0.00922. The first kappa shape index (κ1) is 18.4. The van der Waals surface area contributed by atoms with Crippen LogP contribution in [0.2, 0.25) is 0 Å². The van der Waals surface area contributed by atoms with Gasteiger partial charge in [0, 0.05) is 19.7 Å². The summed E-state index contributed by atoms with van der Waals surface area (Å²) in [5.74, 6) is -0.466. The Morgan fingerprint density at radius 3 is 2.62 bits per heavy atom. The first-order chi connectivity index (χ1) is 11.4. The molecule has 1 amide bonds. The third-order valence-corrected chi connectivity index (χ3v) is 4.97. The zero-order valence-electron chi connectivity index (χ0n) is 14.4. The molecule has 0 radical (unpaired) electrons. The Bertz CT molecular complexity index is 600. The summed E-state index contributed by atoms with van der Waals surface area (Å²) in [5, 5.41) is 27.6. The summed E-state index contributed by atoms with van der Waals surface area (Å²) in [5.41, 5.74) is -0.0808. The van der Waals surface area contributed by atoms with Crippen molar-refractivity contribution in [3.8, 4) is 0 Å². The van der Waals surface area contributed by atoms with Gasteiger partial charge in [-0.25, -0.2) is 0 Å². The van der Waals surface area contributed by atoms with Crippen molar-refractivity contribution in [3.63, 3.8) is 0 Å². The standard InChI is InChI=1S/C16H26N4O4/c1-3-19-14(13(20(23)24)12(2)18-19)15(22)17-11-16(9-10-21)7-5-4-6-8-16/h21H,3-11H2,1-2H3,(H,17,22). The first-order valence-corrected chi connectivity index (χ1v) is 8.55. The highest BCUT2D eigenvalue weighted by atomic mass is 16.6. The maximum atomic E-state index is 12.6. The third kappa shape index (κ3) is 3.75. The van der Waals surface area contributed by atoms with Crippen LogP contribution in [0.1, 0.15) is 61.6 Å². The van der Waals surface area contributed by atoms with Gasteiger partial charge in [0.1, 0.15) is 5.69 Å². The van der Waals surface area contributed by atoms with E-state index in [1.165, 1.54) is 18.0 Å². The zero-order chi connectivity index (χ0) is 17.7. The van der Waals surface area contributed by atoms with E-state index < -0.39 is 10.8 Å². The van der Waals surface area contributed by atoms with E-state index in [4.69, 9.17) is 0 Å². The molecule has 8 nitrogen and oxygen atoms in total. The smallest absolute Gasteiger partial charge is 0.322 e. The van der Waals surface area contributed by atoms with Crippen molar-refractivity contribution in [2.75, 3.05) is 13.2 Å². The van der Waals surface area contributed by atoms with Crippen molar-refractivity contribution >= 4 is 11.6 Å². The number of aliphatic hydroxyl groups excluding tert-OH is 1. The molecule has 0 unspecified atom stereocenters. The molecule has 1 saturated carbocycles. The van der Waals surface area contributed by atoms with E-state index >= 15 is 0 Å². The lowest BCUT2D eigenvalue weighted by atomic mass is 9.72. The molecule has 1 aliphatic rings. The number of aliphatic hydroxyl groups is 1. The highest BCUT2D eigenvalue weighted by Gasteiger charge is 2.34. The van der Waals surface area contributed by atoms with Crippen LogP contribution in [-0.2, 0) is 6.54 Å². The minimum Gasteiger partial charge on any atom is -0.396 e. The predicted octanol–water partition coefficient (Wildman–Crippen LogP) is 2.18. The summed E-state index contributed by atoms with van der Waals surface area (Å²) in [4.78, 5) is 23.4. The van der Waals surface area contributed by atoms with Crippen LogP contribution < -0.4 is 5.32 Å².